The van der Waals surface area contributed by atoms with Crippen molar-refractivity contribution in [3.63, 3.8) is 0 Å². The summed E-state index contributed by atoms with van der Waals surface area (Å²) in [6, 6.07) is 13.5. The first-order chi connectivity index (χ1) is 10.5. The highest BCUT2D eigenvalue weighted by atomic mass is 19.1. The number of ether oxygens (including phenoxy) is 1. The smallest absolute Gasteiger partial charge is 0.441 e. The molecule has 2 rings (SSSR count). The van der Waals surface area contributed by atoms with E-state index in [2.05, 4.69) is 4.99 Å². The molecule has 0 saturated carbocycles. The molecule has 0 bridgehead atoms. The highest BCUT2D eigenvalue weighted by Crippen LogP contribution is 2.12. The summed E-state index contributed by atoms with van der Waals surface area (Å²) in [7, 11) is 0. The van der Waals surface area contributed by atoms with Crippen LogP contribution >= 0.6 is 0 Å². The highest BCUT2D eigenvalue weighted by Gasteiger charge is 2.05. The number of aliphatic hydroxyl groups excluding tert-OH is 1. The summed E-state index contributed by atoms with van der Waals surface area (Å²) in [4.78, 5) is 15.0. The molecule has 5 nitrogen and oxygen atoms in total. The topological polar surface area (TPSA) is 84.9 Å². The second-order valence-electron chi connectivity index (χ2n) is 4.25. The fourth-order valence-corrected chi connectivity index (χ4v) is 1.59. The molecule has 0 aliphatic carbocycles. The molecule has 22 heavy (non-hydrogen) atoms. The van der Waals surface area contributed by atoms with Gasteiger partial charge in [-0.15, -0.1) is 0 Å². The van der Waals surface area contributed by atoms with Gasteiger partial charge in [-0.25, -0.2) is 9.18 Å². The van der Waals surface area contributed by atoms with Crippen LogP contribution in [0.3, 0.4) is 0 Å². The van der Waals surface area contributed by atoms with Crippen molar-refractivity contribution < 1.29 is 20.5 Å². The summed E-state index contributed by atoms with van der Waals surface area (Å²) in [5.74, 6) is -0.572. The van der Waals surface area contributed by atoms with Crippen LogP contribution in [0, 0.1) is 5.82 Å². The molecule has 2 aromatic carbocycles. The van der Waals surface area contributed by atoms with Crippen molar-refractivity contribution in [3.8, 4) is 5.75 Å². The molecule has 0 saturated heterocycles. The molecule has 0 aromatic heterocycles. The quantitative estimate of drug-likeness (QED) is 0.516. The van der Waals surface area contributed by atoms with Gasteiger partial charge in [0.25, 0.3) is 0 Å². The summed E-state index contributed by atoms with van der Waals surface area (Å²) >= 11 is 0. The SMILES string of the molecule is NC(/C=C(\O)c1ccc(F)cc1)=N/C(=O)Oc1ccccc1.[HH]. The van der Waals surface area contributed by atoms with Gasteiger partial charge in [0.15, 0.2) is 0 Å². The minimum Gasteiger partial charge on any atom is -0.507 e. The van der Waals surface area contributed by atoms with Gasteiger partial charge in [0.1, 0.15) is 23.2 Å². The van der Waals surface area contributed by atoms with Crippen LogP contribution < -0.4 is 10.5 Å². The van der Waals surface area contributed by atoms with Gasteiger partial charge in [0.05, 0.1) is 0 Å². The van der Waals surface area contributed by atoms with Gasteiger partial charge >= 0.3 is 6.09 Å². The number of benzene rings is 2. The van der Waals surface area contributed by atoms with Gasteiger partial charge in [0, 0.05) is 13.1 Å². The van der Waals surface area contributed by atoms with Crippen molar-refractivity contribution in [2.45, 2.75) is 0 Å². The number of amides is 1. The first kappa shape index (κ1) is 15.2. The molecule has 0 unspecified atom stereocenters. The largest absolute Gasteiger partial charge is 0.507 e. The molecule has 3 N–H and O–H groups in total. The van der Waals surface area contributed by atoms with Crippen LogP contribution in [0.5, 0.6) is 5.75 Å². The Morgan fingerprint density at radius 1 is 1.18 bits per heavy atom. The second-order valence-corrected chi connectivity index (χ2v) is 4.25. The van der Waals surface area contributed by atoms with E-state index in [1.807, 2.05) is 0 Å². The molecule has 0 atom stereocenters. The number of para-hydroxylation sites is 1. The summed E-state index contributed by atoms with van der Waals surface area (Å²) in [6.45, 7) is 0. The average Bonchev–Trinajstić information content (AvgIpc) is 2.48. The molecular weight excluding hydrogens is 287 g/mol. The fraction of sp³-hybridized carbons (Fsp3) is 0. The predicted molar refractivity (Wildman–Crippen MR) is 83.2 cm³/mol. The molecule has 6 heteroatoms. The molecule has 0 heterocycles. The summed E-state index contributed by atoms with van der Waals surface area (Å²) < 4.78 is 17.7. The van der Waals surface area contributed by atoms with E-state index < -0.39 is 11.9 Å². The number of nitrogens with two attached hydrogens (primary N) is 1. The minimum atomic E-state index is -0.910. The number of aliphatic hydroxyl groups is 1. The van der Waals surface area contributed by atoms with Crippen molar-refractivity contribution in [3.05, 3.63) is 72.1 Å². The molecule has 1 amide bonds. The molecule has 0 aliphatic heterocycles. The van der Waals surface area contributed by atoms with E-state index in [0.717, 1.165) is 6.08 Å². The van der Waals surface area contributed by atoms with E-state index in [1.165, 1.54) is 24.3 Å². The Balaban J connectivity index is 0.00000264. The third kappa shape index (κ3) is 4.45. The number of hydrogen-bond acceptors (Lipinski definition) is 3. The maximum absolute atomic E-state index is 12.8. The Bertz CT molecular complexity index is 716. The zero-order chi connectivity index (χ0) is 15.9. The van der Waals surface area contributed by atoms with Crippen molar-refractivity contribution in [1.29, 1.82) is 0 Å². The van der Waals surface area contributed by atoms with Crippen LogP contribution in [0.15, 0.2) is 65.7 Å². The number of carbonyl (C=O) groups is 1. The van der Waals surface area contributed by atoms with Gasteiger partial charge in [-0.2, -0.15) is 4.99 Å². The van der Waals surface area contributed by atoms with Crippen LogP contribution in [-0.2, 0) is 0 Å². The van der Waals surface area contributed by atoms with Crippen molar-refractivity contribution in [1.82, 2.24) is 0 Å². The average molecular weight is 302 g/mol. The first-order valence-corrected chi connectivity index (χ1v) is 6.32. The van der Waals surface area contributed by atoms with Crippen molar-refractivity contribution >= 4 is 17.7 Å². The fourth-order valence-electron chi connectivity index (χ4n) is 1.59. The van der Waals surface area contributed by atoms with E-state index in [-0.39, 0.29) is 13.0 Å². The van der Waals surface area contributed by atoms with Gasteiger partial charge < -0.3 is 15.6 Å². The summed E-state index contributed by atoms with van der Waals surface area (Å²) in [6.07, 6.45) is 0.173. The number of aliphatic imine (C=N–C) groups is 1. The number of rotatable bonds is 3. The number of halogens is 1. The molecular formula is C16H15FN2O3. The summed E-state index contributed by atoms with van der Waals surface area (Å²) in [5.41, 5.74) is 5.88. The maximum Gasteiger partial charge on any atom is 0.441 e. The lowest BCUT2D eigenvalue weighted by molar-refractivity contribution is 0.211. The molecule has 0 fully saturated rings. The molecule has 2 aromatic rings. The van der Waals surface area contributed by atoms with Gasteiger partial charge in [-0.1, -0.05) is 18.2 Å². The van der Waals surface area contributed by atoms with E-state index >= 15 is 0 Å². The van der Waals surface area contributed by atoms with Crippen LogP contribution in [0.25, 0.3) is 5.76 Å². The lowest BCUT2D eigenvalue weighted by Gasteiger charge is -2.01. The maximum atomic E-state index is 12.8. The minimum absolute atomic E-state index is 0. The van der Waals surface area contributed by atoms with Crippen LogP contribution in [0.2, 0.25) is 0 Å². The van der Waals surface area contributed by atoms with E-state index in [1.54, 1.807) is 30.3 Å². The van der Waals surface area contributed by atoms with Crippen LogP contribution in [0.1, 0.15) is 6.99 Å². The monoisotopic (exact) mass is 302 g/mol. The molecule has 0 aliphatic rings. The number of hydrogen-bond donors (Lipinski definition) is 2. The zero-order valence-electron chi connectivity index (χ0n) is 11.4. The third-order valence-corrected chi connectivity index (χ3v) is 2.59. The first-order valence-electron chi connectivity index (χ1n) is 6.32. The molecule has 114 valence electrons. The number of amidine groups is 1. The normalized spacial score (nSPS) is 12.0. The van der Waals surface area contributed by atoms with E-state index in [9.17, 15) is 14.3 Å². The third-order valence-electron chi connectivity index (χ3n) is 2.59. The Hall–Kier alpha value is -3.15. The Kier molecular flexibility index (Phi) is 4.87. The Morgan fingerprint density at radius 2 is 1.82 bits per heavy atom. The summed E-state index contributed by atoms with van der Waals surface area (Å²) in [5, 5.41) is 9.81. The van der Waals surface area contributed by atoms with Crippen LogP contribution in [0.4, 0.5) is 9.18 Å². The van der Waals surface area contributed by atoms with Gasteiger partial charge in [-0.3, -0.25) is 0 Å². The van der Waals surface area contributed by atoms with E-state index in [0.29, 0.717) is 11.3 Å². The van der Waals surface area contributed by atoms with Crippen molar-refractivity contribution in [2.75, 3.05) is 0 Å². The number of carbonyl (C=O) groups excluding carboxylic acids is 1. The van der Waals surface area contributed by atoms with Gasteiger partial charge in [0.2, 0.25) is 0 Å². The van der Waals surface area contributed by atoms with E-state index in [4.69, 9.17) is 10.5 Å². The van der Waals surface area contributed by atoms with Gasteiger partial charge in [-0.05, 0) is 36.4 Å². The number of nitrogens with zero attached hydrogens (tertiary/aromatic N) is 1. The molecule has 0 radical (unpaired) electrons. The Labute approximate surface area is 127 Å². The van der Waals surface area contributed by atoms with Crippen molar-refractivity contribution in [2.24, 2.45) is 10.7 Å². The predicted octanol–water partition coefficient (Wildman–Crippen LogP) is 3.53. The lowest BCUT2D eigenvalue weighted by Crippen LogP contribution is -2.14. The zero-order valence-corrected chi connectivity index (χ0v) is 11.4. The van der Waals surface area contributed by atoms with Crippen LogP contribution in [-0.4, -0.2) is 17.0 Å². The second kappa shape index (κ2) is 7.03. The molecule has 0 spiro atoms. The lowest BCUT2D eigenvalue weighted by atomic mass is 10.2. The standard InChI is InChI=1S/C16H13FN2O3.H2/c17-12-8-6-11(7-9-12)14(20)10-15(18)19-16(21)22-13-4-2-1-3-5-13;/h1-10,20H,(H2,18,19,21);1H/b14-10-;. The highest BCUT2D eigenvalue weighted by molar-refractivity contribution is 6.02. The Morgan fingerprint density at radius 3 is 2.45 bits per heavy atom.